The van der Waals surface area contributed by atoms with Gasteiger partial charge in [0.25, 0.3) is 0 Å². The fourth-order valence-electron chi connectivity index (χ4n) is 2.42. The quantitative estimate of drug-likeness (QED) is 0.815. The maximum Gasteiger partial charge on any atom is 0.416 e. The van der Waals surface area contributed by atoms with E-state index in [1.54, 1.807) is 6.92 Å². The number of halogens is 3. The fraction of sp³-hybridized carbons (Fsp3) is 0.538. The molecule has 2 rings (SSSR count). The summed E-state index contributed by atoms with van der Waals surface area (Å²) in [5, 5.41) is 9.53. The molecule has 1 fully saturated rings. The number of aliphatic hydroxyl groups excluding tert-OH is 1. The summed E-state index contributed by atoms with van der Waals surface area (Å²) in [4.78, 5) is 1.92. The van der Waals surface area contributed by atoms with Gasteiger partial charge in [-0.3, -0.25) is 0 Å². The molecular formula is C13H17F3N2O. The topological polar surface area (TPSA) is 49.5 Å². The van der Waals surface area contributed by atoms with Gasteiger partial charge in [0.15, 0.2) is 0 Å². The van der Waals surface area contributed by atoms with Gasteiger partial charge in [0.1, 0.15) is 0 Å². The van der Waals surface area contributed by atoms with E-state index in [-0.39, 0.29) is 11.6 Å². The third-order valence-electron chi connectivity index (χ3n) is 3.60. The monoisotopic (exact) mass is 274 g/mol. The molecule has 19 heavy (non-hydrogen) atoms. The number of nitrogen functional groups attached to an aromatic ring is 1. The van der Waals surface area contributed by atoms with Crippen molar-refractivity contribution in [2.45, 2.75) is 25.6 Å². The van der Waals surface area contributed by atoms with Crippen LogP contribution in [0.1, 0.15) is 18.9 Å². The van der Waals surface area contributed by atoms with Crippen molar-refractivity contribution in [3.8, 4) is 0 Å². The first-order valence-corrected chi connectivity index (χ1v) is 6.19. The molecule has 106 valence electrons. The second kappa shape index (κ2) is 4.92. The molecule has 1 heterocycles. The Morgan fingerprint density at radius 2 is 2.11 bits per heavy atom. The summed E-state index contributed by atoms with van der Waals surface area (Å²) in [6.45, 7) is 3.04. The molecule has 0 aromatic heterocycles. The van der Waals surface area contributed by atoms with Gasteiger partial charge in [-0.05, 0) is 31.5 Å². The zero-order chi connectivity index (χ0) is 14.2. The minimum absolute atomic E-state index is 0.126. The van der Waals surface area contributed by atoms with Crippen molar-refractivity contribution < 1.29 is 18.3 Å². The van der Waals surface area contributed by atoms with Crippen LogP contribution in [-0.2, 0) is 6.18 Å². The highest BCUT2D eigenvalue weighted by Crippen LogP contribution is 2.35. The normalized spacial score (nSPS) is 21.7. The molecule has 1 aliphatic heterocycles. The summed E-state index contributed by atoms with van der Waals surface area (Å²) in [6.07, 6.45) is -3.97. The van der Waals surface area contributed by atoms with E-state index < -0.39 is 17.8 Å². The molecule has 2 unspecified atom stereocenters. The number of nitrogens with zero attached hydrogens (tertiary/aromatic N) is 1. The molecule has 0 bridgehead atoms. The molecule has 3 nitrogen and oxygen atoms in total. The number of anilines is 2. The van der Waals surface area contributed by atoms with Crippen LogP contribution in [-0.4, -0.2) is 24.3 Å². The van der Waals surface area contributed by atoms with Gasteiger partial charge in [-0.15, -0.1) is 0 Å². The average molecular weight is 274 g/mol. The third-order valence-corrected chi connectivity index (χ3v) is 3.60. The number of hydrogen-bond donors (Lipinski definition) is 2. The third kappa shape index (κ3) is 2.94. The van der Waals surface area contributed by atoms with Crippen LogP contribution in [0.2, 0.25) is 0 Å². The number of hydrogen-bond acceptors (Lipinski definition) is 3. The van der Waals surface area contributed by atoms with Crippen LogP contribution >= 0.6 is 0 Å². The second-order valence-corrected chi connectivity index (χ2v) is 5.01. The van der Waals surface area contributed by atoms with Gasteiger partial charge in [-0.2, -0.15) is 13.2 Å². The highest BCUT2D eigenvalue weighted by molar-refractivity contribution is 5.69. The van der Waals surface area contributed by atoms with Gasteiger partial charge in [-0.25, -0.2) is 0 Å². The van der Waals surface area contributed by atoms with Gasteiger partial charge in [-0.1, -0.05) is 0 Å². The lowest BCUT2D eigenvalue weighted by molar-refractivity contribution is -0.137. The largest absolute Gasteiger partial charge is 0.416 e. The minimum atomic E-state index is -4.38. The van der Waals surface area contributed by atoms with Crippen molar-refractivity contribution in [2.75, 3.05) is 23.7 Å². The summed E-state index contributed by atoms with van der Waals surface area (Å²) in [7, 11) is 0. The molecule has 2 atom stereocenters. The first kappa shape index (κ1) is 14.0. The van der Waals surface area contributed by atoms with Gasteiger partial charge in [0.05, 0.1) is 23.0 Å². The molecule has 0 amide bonds. The van der Waals surface area contributed by atoms with Crippen LogP contribution in [0.25, 0.3) is 0 Å². The van der Waals surface area contributed by atoms with Gasteiger partial charge < -0.3 is 15.7 Å². The predicted octanol–water partition coefficient (Wildman–Crippen LogP) is 2.49. The Kier molecular flexibility index (Phi) is 3.62. The van der Waals surface area contributed by atoms with Crippen molar-refractivity contribution in [3.63, 3.8) is 0 Å². The number of nitrogens with two attached hydrogens (primary N) is 1. The molecule has 1 aliphatic rings. The smallest absolute Gasteiger partial charge is 0.397 e. The first-order valence-electron chi connectivity index (χ1n) is 6.19. The molecule has 0 aliphatic carbocycles. The van der Waals surface area contributed by atoms with Crippen LogP contribution < -0.4 is 10.6 Å². The van der Waals surface area contributed by atoms with E-state index in [0.717, 1.165) is 18.6 Å². The van der Waals surface area contributed by atoms with Crippen LogP contribution in [0.4, 0.5) is 24.5 Å². The maximum absolute atomic E-state index is 12.5. The van der Waals surface area contributed by atoms with E-state index in [1.807, 2.05) is 4.90 Å². The minimum Gasteiger partial charge on any atom is -0.397 e. The molecule has 0 saturated carbocycles. The van der Waals surface area contributed by atoms with Crippen molar-refractivity contribution >= 4 is 11.4 Å². The Balaban J connectivity index is 2.19. The van der Waals surface area contributed by atoms with E-state index in [0.29, 0.717) is 18.8 Å². The number of aliphatic hydroxyl groups is 1. The summed E-state index contributed by atoms with van der Waals surface area (Å²) < 4.78 is 37.6. The first-order chi connectivity index (χ1) is 8.79. The van der Waals surface area contributed by atoms with Crippen molar-refractivity contribution in [1.82, 2.24) is 0 Å². The molecule has 0 radical (unpaired) electrons. The highest BCUT2D eigenvalue weighted by atomic mass is 19.4. The molecule has 3 N–H and O–H groups in total. The lowest BCUT2D eigenvalue weighted by Gasteiger charge is -2.22. The van der Waals surface area contributed by atoms with Crippen molar-refractivity contribution in [3.05, 3.63) is 23.8 Å². The number of alkyl halides is 3. The fourth-order valence-corrected chi connectivity index (χ4v) is 2.42. The Bertz CT molecular complexity index is 460. The summed E-state index contributed by atoms with van der Waals surface area (Å²) >= 11 is 0. The second-order valence-electron chi connectivity index (χ2n) is 5.01. The summed E-state index contributed by atoms with van der Waals surface area (Å²) in [5.41, 5.74) is 5.71. The molecule has 1 aromatic carbocycles. The van der Waals surface area contributed by atoms with Gasteiger partial charge in [0, 0.05) is 19.0 Å². The SMILES string of the molecule is CC(O)C1CCN(c2ccc(C(F)(F)F)cc2N)C1. The van der Waals surface area contributed by atoms with E-state index in [1.165, 1.54) is 6.07 Å². The van der Waals surface area contributed by atoms with Crippen molar-refractivity contribution in [2.24, 2.45) is 5.92 Å². The van der Waals surface area contributed by atoms with Crippen LogP contribution in [0.3, 0.4) is 0 Å². The maximum atomic E-state index is 12.5. The Hall–Kier alpha value is -1.43. The Labute approximate surface area is 109 Å². The van der Waals surface area contributed by atoms with E-state index in [2.05, 4.69) is 0 Å². The summed E-state index contributed by atoms with van der Waals surface area (Å²) in [6, 6.07) is 3.41. The molecule has 1 saturated heterocycles. The lowest BCUT2D eigenvalue weighted by atomic mass is 10.0. The number of rotatable bonds is 2. The number of benzene rings is 1. The van der Waals surface area contributed by atoms with Crippen LogP contribution in [0, 0.1) is 5.92 Å². The zero-order valence-corrected chi connectivity index (χ0v) is 10.6. The molecular weight excluding hydrogens is 257 g/mol. The molecule has 6 heteroatoms. The van der Waals surface area contributed by atoms with E-state index in [4.69, 9.17) is 5.73 Å². The predicted molar refractivity (Wildman–Crippen MR) is 67.9 cm³/mol. The van der Waals surface area contributed by atoms with Crippen LogP contribution in [0.15, 0.2) is 18.2 Å². The molecule has 1 aromatic rings. The summed E-state index contributed by atoms with van der Waals surface area (Å²) in [5.74, 6) is 0.140. The van der Waals surface area contributed by atoms with E-state index in [9.17, 15) is 18.3 Å². The Morgan fingerprint density at radius 3 is 2.58 bits per heavy atom. The van der Waals surface area contributed by atoms with Gasteiger partial charge >= 0.3 is 6.18 Å². The van der Waals surface area contributed by atoms with Gasteiger partial charge in [0.2, 0.25) is 0 Å². The van der Waals surface area contributed by atoms with Crippen LogP contribution in [0.5, 0.6) is 0 Å². The van der Waals surface area contributed by atoms with Crippen molar-refractivity contribution in [1.29, 1.82) is 0 Å². The molecule has 0 spiro atoms. The standard InChI is InChI=1S/C13H17F3N2O/c1-8(19)9-4-5-18(7-9)12-3-2-10(6-11(12)17)13(14,15)16/h2-3,6,8-9,19H,4-5,7,17H2,1H3. The lowest BCUT2D eigenvalue weighted by Crippen LogP contribution is -2.24. The highest BCUT2D eigenvalue weighted by Gasteiger charge is 2.32. The Morgan fingerprint density at radius 1 is 1.42 bits per heavy atom. The van der Waals surface area contributed by atoms with E-state index >= 15 is 0 Å². The average Bonchev–Trinajstić information content (AvgIpc) is 2.76. The zero-order valence-electron chi connectivity index (χ0n) is 10.6.